The summed E-state index contributed by atoms with van der Waals surface area (Å²) in [6, 6.07) is 25.5. The largest absolute Gasteiger partial charge is 0.445 e. The minimum absolute atomic E-state index is 0.0712. The molecule has 47 heavy (non-hydrogen) atoms. The summed E-state index contributed by atoms with van der Waals surface area (Å²) < 4.78 is 38.3. The topological polar surface area (TPSA) is 97.0 Å². The molecule has 0 unspecified atom stereocenters. The molecule has 0 radical (unpaired) electrons. The van der Waals surface area contributed by atoms with Gasteiger partial charge in [0.2, 0.25) is 0 Å². The molecule has 0 bridgehead atoms. The van der Waals surface area contributed by atoms with Crippen LogP contribution in [0.5, 0.6) is 0 Å². The first-order valence-corrected chi connectivity index (χ1v) is 15.4. The average Bonchev–Trinajstić information content (AvgIpc) is 3.44. The summed E-state index contributed by atoms with van der Waals surface area (Å²) in [6.07, 6.45) is -0.814. The van der Waals surface area contributed by atoms with Crippen LogP contribution in [0.3, 0.4) is 0 Å². The highest BCUT2D eigenvalue weighted by molar-refractivity contribution is 5.97. The third kappa shape index (κ3) is 9.16. The molecule has 0 aliphatic carbocycles. The summed E-state index contributed by atoms with van der Waals surface area (Å²) in [5.41, 5.74) is 3.19. The zero-order chi connectivity index (χ0) is 33.6. The number of rotatable bonds is 8. The van der Waals surface area contributed by atoms with E-state index in [1.807, 2.05) is 36.4 Å². The van der Waals surface area contributed by atoms with Crippen molar-refractivity contribution in [2.24, 2.45) is 0 Å². The highest BCUT2D eigenvalue weighted by atomic mass is 19.1. The molecule has 3 amide bonds. The number of hydrogen-bond acceptors (Lipinski definition) is 5. The lowest BCUT2D eigenvalue weighted by Crippen LogP contribution is -2.44. The summed E-state index contributed by atoms with van der Waals surface area (Å²) in [5.74, 6) is -1.17. The molecule has 0 saturated carbocycles. The van der Waals surface area contributed by atoms with Crippen molar-refractivity contribution in [3.63, 3.8) is 0 Å². The van der Waals surface area contributed by atoms with Crippen molar-refractivity contribution < 1.29 is 32.6 Å². The summed E-state index contributed by atoms with van der Waals surface area (Å²) in [5, 5.41) is 5.76. The van der Waals surface area contributed by atoms with Gasteiger partial charge in [-0.3, -0.25) is 4.79 Å². The fourth-order valence-corrected chi connectivity index (χ4v) is 5.40. The van der Waals surface area contributed by atoms with Crippen molar-refractivity contribution in [2.45, 2.75) is 51.5 Å². The third-order valence-corrected chi connectivity index (χ3v) is 7.62. The molecule has 2 N–H and O–H groups in total. The summed E-state index contributed by atoms with van der Waals surface area (Å²) in [7, 11) is 0. The number of benzene rings is 4. The standard InChI is InChI=1S/C37H37F2N3O5/c1-37(2,3)47-35(44)41-32-20-33(42(22-32)36(45)46-23-24-7-5-4-6-8-24)21-40-34(43)29-18-27(25-9-13-30(38)14-10-25)17-28(19-29)26-11-15-31(39)16-12-26/h4-19,32-33H,20-23H2,1-3H3,(H,40,43)(H,41,44)/t32-,33-/m0/s1. The Morgan fingerprint density at radius 1 is 0.809 bits per heavy atom. The lowest BCUT2D eigenvalue weighted by atomic mass is 9.95. The summed E-state index contributed by atoms with van der Waals surface area (Å²) in [4.78, 5) is 40.9. The van der Waals surface area contributed by atoms with Gasteiger partial charge in [-0.2, -0.15) is 0 Å². The Morgan fingerprint density at radius 2 is 1.38 bits per heavy atom. The highest BCUT2D eigenvalue weighted by Crippen LogP contribution is 2.29. The molecule has 0 spiro atoms. The van der Waals surface area contributed by atoms with E-state index < -0.39 is 35.8 Å². The summed E-state index contributed by atoms with van der Waals surface area (Å²) in [6.45, 7) is 5.61. The highest BCUT2D eigenvalue weighted by Gasteiger charge is 2.38. The van der Waals surface area contributed by atoms with E-state index in [0.29, 0.717) is 34.2 Å². The number of hydrogen-bond donors (Lipinski definition) is 2. The normalized spacial score (nSPS) is 16.0. The van der Waals surface area contributed by atoms with Gasteiger partial charge >= 0.3 is 12.2 Å². The van der Waals surface area contributed by atoms with E-state index in [2.05, 4.69) is 10.6 Å². The smallest absolute Gasteiger partial charge is 0.410 e. The molecule has 1 aliphatic rings. The van der Waals surface area contributed by atoms with Crippen molar-refractivity contribution in [3.8, 4) is 22.3 Å². The second-order valence-electron chi connectivity index (χ2n) is 12.4. The van der Waals surface area contributed by atoms with Gasteiger partial charge in [-0.05, 0) is 97.5 Å². The van der Waals surface area contributed by atoms with Gasteiger partial charge < -0.3 is 25.0 Å². The van der Waals surface area contributed by atoms with Gasteiger partial charge in [0.05, 0.1) is 12.1 Å². The molecule has 1 aliphatic heterocycles. The fourth-order valence-electron chi connectivity index (χ4n) is 5.40. The molecule has 5 rings (SSSR count). The van der Waals surface area contributed by atoms with E-state index in [0.717, 1.165) is 5.56 Å². The maximum atomic E-state index is 13.7. The number of ether oxygens (including phenoxy) is 2. The Bertz CT molecular complexity index is 1640. The predicted octanol–water partition coefficient (Wildman–Crippen LogP) is 7.33. The van der Waals surface area contributed by atoms with Crippen LogP contribution < -0.4 is 10.6 Å². The van der Waals surface area contributed by atoms with E-state index >= 15 is 0 Å². The van der Waals surface area contributed by atoms with Crippen molar-refractivity contribution >= 4 is 18.1 Å². The molecule has 2 atom stereocenters. The van der Waals surface area contributed by atoms with Crippen LogP contribution in [-0.2, 0) is 16.1 Å². The number of carbonyl (C=O) groups excluding carboxylic acids is 3. The number of nitrogens with one attached hydrogen (secondary N) is 2. The monoisotopic (exact) mass is 641 g/mol. The number of halogens is 2. The molecule has 0 aromatic heterocycles. The minimum Gasteiger partial charge on any atom is -0.445 e. The maximum Gasteiger partial charge on any atom is 0.410 e. The number of likely N-dealkylation sites (tertiary alicyclic amines) is 1. The van der Waals surface area contributed by atoms with Crippen LogP contribution in [0, 0.1) is 11.6 Å². The zero-order valence-electron chi connectivity index (χ0n) is 26.5. The lowest BCUT2D eigenvalue weighted by Gasteiger charge is -2.24. The van der Waals surface area contributed by atoms with E-state index in [9.17, 15) is 23.2 Å². The second-order valence-corrected chi connectivity index (χ2v) is 12.4. The van der Waals surface area contributed by atoms with Crippen LogP contribution in [0.2, 0.25) is 0 Å². The molecular weight excluding hydrogens is 604 g/mol. The number of alkyl carbamates (subject to hydrolysis) is 1. The van der Waals surface area contributed by atoms with Crippen molar-refractivity contribution in [1.82, 2.24) is 15.5 Å². The van der Waals surface area contributed by atoms with Crippen molar-refractivity contribution in [3.05, 3.63) is 120 Å². The average molecular weight is 642 g/mol. The second kappa shape index (κ2) is 14.5. The molecule has 1 heterocycles. The van der Waals surface area contributed by atoms with Crippen LogP contribution in [0.15, 0.2) is 97.1 Å². The van der Waals surface area contributed by atoms with Gasteiger partial charge in [-0.1, -0.05) is 54.6 Å². The predicted molar refractivity (Wildman–Crippen MR) is 174 cm³/mol. The lowest BCUT2D eigenvalue weighted by molar-refractivity contribution is 0.0502. The molecule has 8 nitrogen and oxygen atoms in total. The summed E-state index contributed by atoms with van der Waals surface area (Å²) >= 11 is 0. The Labute approximate surface area is 272 Å². The number of amides is 3. The van der Waals surface area contributed by atoms with E-state index in [-0.39, 0.29) is 31.3 Å². The van der Waals surface area contributed by atoms with Gasteiger partial charge in [-0.25, -0.2) is 18.4 Å². The quantitative estimate of drug-likeness (QED) is 0.210. The van der Waals surface area contributed by atoms with Crippen LogP contribution in [0.4, 0.5) is 18.4 Å². The maximum absolute atomic E-state index is 13.7. The van der Waals surface area contributed by atoms with Crippen LogP contribution in [-0.4, -0.2) is 53.8 Å². The van der Waals surface area contributed by atoms with E-state index in [1.165, 1.54) is 29.2 Å². The first kappa shape index (κ1) is 33.1. The first-order valence-electron chi connectivity index (χ1n) is 15.4. The Kier molecular flexibility index (Phi) is 10.2. The first-order chi connectivity index (χ1) is 22.4. The van der Waals surface area contributed by atoms with Gasteiger partial charge in [-0.15, -0.1) is 0 Å². The van der Waals surface area contributed by atoms with Gasteiger partial charge in [0.25, 0.3) is 5.91 Å². The fraction of sp³-hybridized carbons (Fsp3) is 0.270. The van der Waals surface area contributed by atoms with Gasteiger partial charge in [0, 0.05) is 18.7 Å². The van der Waals surface area contributed by atoms with Gasteiger partial charge in [0.15, 0.2) is 0 Å². The minimum atomic E-state index is -0.695. The Balaban J connectivity index is 1.34. The van der Waals surface area contributed by atoms with Crippen molar-refractivity contribution in [1.29, 1.82) is 0 Å². The van der Waals surface area contributed by atoms with Crippen LogP contribution >= 0.6 is 0 Å². The SMILES string of the molecule is CC(C)(C)OC(=O)N[C@H]1C[C@@H](CNC(=O)c2cc(-c3ccc(F)cc3)cc(-c3ccc(F)cc3)c2)N(C(=O)OCc2ccccc2)C1. The molecule has 1 saturated heterocycles. The Morgan fingerprint density at radius 3 is 1.94 bits per heavy atom. The molecule has 1 fully saturated rings. The molecule has 4 aromatic rings. The number of nitrogens with zero attached hydrogens (tertiary/aromatic N) is 1. The van der Waals surface area contributed by atoms with Gasteiger partial charge in [0.1, 0.15) is 23.8 Å². The van der Waals surface area contributed by atoms with Crippen LogP contribution in [0.25, 0.3) is 22.3 Å². The molecular formula is C37H37F2N3O5. The molecule has 10 heteroatoms. The zero-order valence-corrected chi connectivity index (χ0v) is 26.5. The Hall–Kier alpha value is -5.25. The molecule has 4 aromatic carbocycles. The number of carbonyl (C=O) groups is 3. The van der Waals surface area contributed by atoms with Crippen molar-refractivity contribution in [2.75, 3.05) is 13.1 Å². The van der Waals surface area contributed by atoms with Crippen LogP contribution in [0.1, 0.15) is 43.1 Å². The van der Waals surface area contributed by atoms with E-state index in [1.54, 1.807) is 57.2 Å². The third-order valence-electron chi connectivity index (χ3n) is 7.62. The van der Waals surface area contributed by atoms with E-state index in [4.69, 9.17) is 9.47 Å². The molecule has 244 valence electrons.